The first-order chi connectivity index (χ1) is 21.1. The van der Waals surface area contributed by atoms with Gasteiger partial charge in [-0.1, -0.05) is 30.3 Å². The lowest BCUT2D eigenvalue weighted by molar-refractivity contribution is -0.128. The molecule has 0 spiro atoms. The van der Waals surface area contributed by atoms with Gasteiger partial charge in [-0.25, -0.2) is 12.5 Å². The number of carbonyl (C=O) groups is 1. The molecular weight excluding hydrogens is 694 g/mol. The number of amides is 1. The summed E-state index contributed by atoms with van der Waals surface area (Å²) >= 11 is 9.36. The third kappa shape index (κ3) is 4.82. The normalized spacial score (nSPS) is 21.0. The third-order valence-electron chi connectivity index (χ3n) is 9.33. The highest BCUT2D eigenvalue weighted by molar-refractivity contribution is 14.1. The van der Waals surface area contributed by atoms with Crippen molar-refractivity contribution in [2.24, 2.45) is 0 Å². The van der Waals surface area contributed by atoms with Crippen LogP contribution in [0.1, 0.15) is 38.3 Å². The van der Waals surface area contributed by atoms with Crippen LogP contribution in [-0.2, 0) is 4.79 Å². The van der Waals surface area contributed by atoms with Crippen LogP contribution in [0.3, 0.4) is 0 Å². The van der Waals surface area contributed by atoms with Crippen molar-refractivity contribution in [3.05, 3.63) is 53.5 Å². The number of rotatable bonds is 6. The first-order valence-corrected chi connectivity index (χ1v) is 16.4. The maximum atomic E-state index is 17.2. The van der Waals surface area contributed by atoms with Crippen LogP contribution < -0.4 is 9.80 Å². The summed E-state index contributed by atoms with van der Waals surface area (Å²) in [4.78, 5) is 28.6. The Morgan fingerprint density at radius 3 is 2.57 bits per heavy atom. The van der Waals surface area contributed by atoms with E-state index in [0.29, 0.717) is 52.9 Å². The fourth-order valence-corrected chi connectivity index (χ4v) is 7.24. The minimum absolute atomic E-state index is 0.0731. The molecule has 1 aliphatic carbocycles. The van der Waals surface area contributed by atoms with Crippen molar-refractivity contribution >= 4 is 73.9 Å². The monoisotopic (exact) mass is 728 g/mol. The van der Waals surface area contributed by atoms with E-state index in [0.717, 1.165) is 48.0 Å². The van der Waals surface area contributed by atoms with Gasteiger partial charge >= 0.3 is 0 Å². The number of carbonyl (C=O) groups excluding carboxylic acids is 1. The number of anilines is 2. The van der Waals surface area contributed by atoms with E-state index in [9.17, 15) is 4.79 Å². The zero-order valence-electron chi connectivity index (χ0n) is 25.3. The van der Waals surface area contributed by atoms with Crippen LogP contribution in [-0.4, -0.2) is 85.0 Å². The third-order valence-corrected chi connectivity index (χ3v) is 10.4. The van der Waals surface area contributed by atoms with Gasteiger partial charge in [-0.3, -0.25) is 9.48 Å². The number of nitrogens with zero attached hydrogens (tertiary/aromatic N) is 8. The number of hydrogen-bond donors (Lipinski definition) is 0. The number of likely N-dealkylation sites (N-methyl/N-ethyl adjacent to an activating group) is 1. The number of fused-ring (bicyclic) bond motifs is 2. The summed E-state index contributed by atoms with van der Waals surface area (Å²) in [5.41, 5.74) is 3.18. The molecule has 9 nitrogen and oxygen atoms in total. The van der Waals surface area contributed by atoms with Crippen LogP contribution in [0.25, 0.3) is 32.9 Å². The summed E-state index contributed by atoms with van der Waals surface area (Å²) in [6, 6.07) is 6.38. The van der Waals surface area contributed by atoms with Gasteiger partial charge in [-0.2, -0.15) is 10.1 Å². The van der Waals surface area contributed by atoms with Gasteiger partial charge in [0.15, 0.2) is 5.82 Å². The number of benzene rings is 2. The minimum atomic E-state index is -0.458. The van der Waals surface area contributed by atoms with Crippen molar-refractivity contribution in [2.75, 3.05) is 43.0 Å². The molecular formula is C32H35ClFIN8O. The highest BCUT2D eigenvalue weighted by Crippen LogP contribution is 2.45. The fourth-order valence-electron chi connectivity index (χ4n) is 6.60. The molecule has 2 aromatic heterocycles. The van der Waals surface area contributed by atoms with E-state index in [2.05, 4.69) is 54.4 Å². The van der Waals surface area contributed by atoms with Crippen molar-refractivity contribution in [2.45, 2.75) is 57.8 Å². The molecule has 1 saturated carbocycles. The van der Waals surface area contributed by atoms with Crippen molar-refractivity contribution in [1.29, 1.82) is 0 Å². The SMILES string of the molecule is C=CC(=O)N1C[C@H](C)N(c2nc(N3CC(N(C)I)C3)nc3c(F)c(-c4c(C)ccc5cnn(C6CC6)c45)c(Cl)cc23)C[C@H]1C. The second-order valence-corrected chi connectivity index (χ2v) is 14.4. The van der Waals surface area contributed by atoms with Gasteiger partial charge in [0.05, 0.1) is 28.8 Å². The van der Waals surface area contributed by atoms with Crippen LogP contribution >= 0.6 is 34.5 Å². The molecule has 3 aliphatic rings. The van der Waals surface area contributed by atoms with E-state index in [1.165, 1.54) is 6.08 Å². The summed E-state index contributed by atoms with van der Waals surface area (Å²) in [6.45, 7) is 12.3. The number of aromatic nitrogens is 4. The first kappa shape index (κ1) is 29.7. The Bertz CT molecular complexity index is 1820. The van der Waals surface area contributed by atoms with E-state index < -0.39 is 5.82 Å². The van der Waals surface area contributed by atoms with E-state index in [4.69, 9.17) is 21.6 Å². The van der Waals surface area contributed by atoms with E-state index in [1.807, 2.05) is 54.9 Å². The second-order valence-electron chi connectivity index (χ2n) is 12.4. The molecule has 4 aromatic rings. The molecule has 0 bridgehead atoms. The van der Waals surface area contributed by atoms with Crippen LogP contribution in [0.2, 0.25) is 5.02 Å². The first-order valence-electron chi connectivity index (χ1n) is 15.1. The Labute approximate surface area is 275 Å². The molecule has 7 rings (SSSR count). The molecule has 0 unspecified atom stereocenters. The van der Waals surface area contributed by atoms with Crippen LogP contribution in [0, 0.1) is 12.7 Å². The molecule has 1 amide bonds. The predicted molar refractivity (Wildman–Crippen MR) is 182 cm³/mol. The van der Waals surface area contributed by atoms with Gasteiger partial charge in [0.2, 0.25) is 11.9 Å². The molecule has 0 radical (unpaired) electrons. The standard InChI is InChI=1S/C32H35ClFIN8O/c1-6-25(44)41-13-19(4)42(14-18(41)3)31-23-11-24(33)27(26-17(2)7-8-20-12-36-43(30(20)26)21-9-10-21)28(34)29(23)37-32(38-31)40-15-22(16-40)39(5)35/h6-8,11-12,18-19,21-22H,1,9-10,13-16H2,2-5H3/t18-,19+/m1/s1. The maximum absolute atomic E-state index is 17.2. The molecule has 0 N–H and O–H groups in total. The molecule has 2 aromatic carbocycles. The van der Waals surface area contributed by atoms with Gasteiger partial charge in [-0.05, 0) is 58.4 Å². The molecule has 4 heterocycles. The van der Waals surface area contributed by atoms with Crippen molar-refractivity contribution in [1.82, 2.24) is 27.8 Å². The van der Waals surface area contributed by atoms with Gasteiger partial charge in [0.1, 0.15) is 11.3 Å². The number of halogens is 3. The Morgan fingerprint density at radius 2 is 1.89 bits per heavy atom. The summed E-state index contributed by atoms with van der Waals surface area (Å²) in [5.74, 6) is 0.574. The van der Waals surface area contributed by atoms with Crippen LogP contribution in [0.5, 0.6) is 0 Å². The average molecular weight is 729 g/mol. The Kier molecular flexibility index (Phi) is 7.48. The maximum Gasteiger partial charge on any atom is 0.246 e. The van der Waals surface area contributed by atoms with Gasteiger partial charge in [0, 0.05) is 83.0 Å². The van der Waals surface area contributed by atoms with Gasteiger partial charge < -0.3 is 14.7 Å². The Hall–Kier alpha value is -3.03. The van der Waals surface area contributed by atoms with Crippen molar-refractivity contribution in [3.63, 3.8) is 0 Å². The van der Waals surface area contributed by atoms with Crippen molar-refractivity contribution in [3.8, 4) is 11.1 Å². The van der Waals surface area contributed by atoms with Crippen molar-refractivity contribution < 1.29 is 9.18 Å². The predicted octanol–water partition coefficient (Wildman–Crippen LogP) is 6.16. The molecule has 2 atom stereocenters. The minimum Gasteiger partial charge on any atom is -0.349 e. The number of piperazine rings is 1. The Balaban J connectivity index is 1.42. The fraction of sp³-hybridized carbons (Fsp3) is 0.438. The lowest BCUT2D eigenvalue weighted by atomic mass is 9.95. The van der Waals surface area contributed by atoms with Crippen LogP contribution in [0.4, 0.5) is 16.2 Å². The summed E-state index contributed by atoms with van der Waals surface area (Å²) in [6.07, 6.45) is 5.33. The molecule has 3 fully saturated rings. The van der Waals surface area contributed by atoms with Gasteiger partial charge in [0.25, 0.3) is 0 Å². The zero-order valence-corrected chi connectivity index (χ0v) is 28.2. The average Bonchev–Trinajstić information content (AvgIpc) is 3.72. The molecule has 2 aliphatic heterocycles. The van der Waals surface area contributed by atoms with E-state index >= 15 is 4.39 Å². The summed E-state index contributed by atoms with van der Waals surface area (Å²) in [5, 5.41) is 6.50. The zero-order chi connectivity index (χ0) is 31.0. The second kappa shape index (κ2) is 11.1. The van der Waals surface area contributed by atoms with E-state index in [1.54, 1.807) is 0 Å². The van der Waals surface area contributed by atoms with Gasteiger partial charge in [-0.15, -0.1) is 0 Å². The van der Waals surface area contributed by atoms with Crippen LogP contribution in [0.15, 0.2) is 37.1 Å². The number of aryl methyl sites for hydroxylation is 1. The lowest BCUT2D eigenvalue weighted by Crippen LogP contribution is -2.58. The molecule has 230 valence electrons. The topological polar surface area (TPSA) is 73.6 Å². The Morgan fingerprint density at radius 1 is 1.14 bits per heavy atom. The number of hydrogen-bond acceptors (Lipinski definition) is 7. The van der Waals surface area contributed by atoms with E-state index in [-0.39, 0.29) is 23.5 Å². The lowest BCUT2D eigenvalue weighted by Gasteiger charge is -2.45. The summed E-state index contributed by atoms with van der Waals surface area (Å²) in [7, 11) is 2.05. The quantitative estimate of drug-likeness (QED) is 0.134. The molecule has 44 heavy (non-hydrogen) atoms. The highest BCUT2D eigenvalue weighted by atomic mass is 127. The molecule has 12 heteroatoms. The molecule has 2 saturated heterocycles. The summed E-state index contributed by atoms with van der Waals surface area (Å²) < 4.78 is 21.4. The smallest absolute Gasteiger partial charge is 0.246 e. The largest absolute Gasteiger partial charge is 0.349 e. The highest BCUT2D eigenvalue weighted by Gasteiger charge is 2.37.